The molecule has 0 unspecified atom stereocenters. The number of aromatic nitrogens is 1. The van der Waals surface area contributed by atoms with Crippen molar-refractivity contribution < 1.29 is 0 Å². The van der Waals surface area contributed by atoms with Crippen LogP contribution in [0.5, 0.6) is 0 Å². The van der Waals surface area contributed by atoms with Crippen LogP contribution in [0.1, 0.15) is 12.5 Å². The molecular formula is C15H18N2O. The van der Waals surface area contributed by atoms with E-state index in [0.717, 1.165) is 41.5 Å². The number of hydrogen-bond donors (Lipinski definition) is 2. The third-order valence-corrected chi connectivity index (χ3v) is 2.83. The Balaban J connectivity index is 2.17. The van der Waals surface area contributed by atoms with Gasteiger partial charge in [-0.25, -0.2) is 0 Å². The number of fused-ring (bicyclic) bond motifs is 1. The predicted molar refractivity (Wildman–Crippen MR) is 76.0 cm³/mol. The van der Waals surface area contributed by atoms with Crippen molar-refractivity contribution in [2.45, 2.75) is 13.3 Å². The smallest absolute Gasteiger partial charge is 0.248 e. The van der Waals surface area contributed by atoms with Gasteiger partial charge in [0.15, 0.2) is 0 Å². The lowest BCUT2D eigenvalue weighted by molar-refractivity contribution is 0.730. The Morgan fingerprint density at radius 3 is 2.94 bits per heavy atom. The Kier molecular flexibility index (Phi) is 3.95. The first-order chi connectivity index (χ1) is 8.66. The van der Waals surface area contributed by atoms with Crippen LogP contribution < -0.4 is 10.9 Å². The molecule has 0 spiro atoms. The van der Waals surface area contributed by atoms with Crippen molar-refractivity contribution in [2.75, 3.05) is 13.1 Å². The Morgan fingerprint density at radius 2 is 2.17 bits per heavy atom. The average Bonchev–Trinajstić information content (AvgIpc) is 2.34. The maximum Gasteiger partial charge on any atom is 0.248 e. The van der Waals surface area contributed by atoms with Crippen LogP contribution in [-0.2, 0) is 6.42 Å². The minimum absolute atomic E-state index is 0.0383. The zero-order valence-electron chi connectivity index (χ0n) is 10.6. The average molecular weight is 242 g/mol. The van der Waals surface area contributed by atoms with Gasteiger partial charge in [-0.15, -0.1) is 0 Å². The van der Waals surface area contributed by atoms with Crippen LogP contribution in [0.4, 0.5) is 0 Å². The molecule has 0 aliphatic rings. The summed E-state index contributed by atoms with van der Waals surface area (Å²) in [7, 11) is 0. The molecule has 0 amide bonds. The van der Waals surface area contributed by atoms with Gasteiger partial charge in [-0.2, -0.15) is 0 Å². The lowest BCUT2D eigenvalue weighted by atomic mass is 10.1. The van der Waals surface area contributed by atoms with Gasteiger partial charge < -0.3 is 10.3 Å². The van der Waals surface area contributed by atoms with E-state index in [1.807, 2.05) is 31.2 Å². The molecule has 1 heterocycles. The highest BCUT2D eigenvalue weighted by Crippen LogP contribution is 2.14. The van der Waals surface area contributed by atoms with Crippen LogP contribution in [0, 0.1) is 0 Å². The third-order valence-electron chi connectivity index (χ3n) is 2.83. The summed E-state index contributed by atoms with van der Waals surface area (Å²) in [5.74, 6) is 0. The van der Waals surface area contributed by atoms with Gasteiger partial charge in [-0.05, 0) is 31.5 Å². The lowest BCUT2D eigenvalue weighted by Gasteiger charge is -2.07. The van der Waals surface area contributed by atoms with Gasteiger partial charge in [-0.1, -0.05) is 30.4 Å². The number of nitrogens with one attached hydrogen (secondary N) is 2. The van der Waals surface area contributed by atoms with E-state index in [4.69, 9.17) is 0 Å². The summed E-state index contributed by atoms with van der Waals surface area (Å²) in [6.07, 6.45) is 0.845. The molecule has 94 valence electrons. The van der Waals surface area contributed by atoms with Crippen LogP contribution in [-0.4, -0.2) is 18.1 Å². The number of para-hydroxylation sites is 1. The highest BCUT2D eigenvalue weighted by atomic mass is 16.1. The van der Waals surface area contributed by atoms with Gasteiger partial charge in [0, 0.05) is 23.5 Å². The quantitative estimate of drug-likeness (QED) is 0.624. The van der Waals surface area contributed by atoms with E-state index in [-0.39, 0.29) is 5.56 Å². The summed E-state index contributed by atoms with van der Waals surface area (Å²) in [6.45, 7) is 7.51. The molecule has 1 aromatic carbocycles. The lowest BCUT2D eigenvalue weighted by Crippen LogP contribution is -2.19. The number of benzene rings is 1. The topological polar surface area (TPSA) is 44.9 Å². The number of pyridine rings is 1. The van der Waals surface area contributed by atoms with Gasteiger partial charge >= 0.3 is 0 Å². The summed E-state index contributed by atoms with van der Waals surface area (Å²) in [5, 5.41) is 4.43. The van der Waals surface area contributed by atoms with Gasteiger partial charge in [0.2, 0.25) is 5.56 Å². The molecule has 2 N–H and O–H groups in total. The monoisotopic (exact) mass is 242 g/mol. The van der Waals surface area contributed by atoms with Crippen molar-refractivity contribution in [1.82, 2.24) is 10.3 Å². The first-order valence-electron chi connectivity index (χ1n) is 6.13. The summed E-state index contributed by atoms with van der Waals surface area (Å²) in [4.78, 5) is 14.4. The van der Waals surface area contributed by atoms with Crippen LogP contribution >= 0.6 is 0 Å². The van der Waals surface area contributed by atoms with E-state index < -0.39 is 0 Å². The number of hydrogen-bond acceptors (Lipinski definition) is 2. The second-order valence-electron chi connectivity index (χ2n) is 4.59. The summed E-state index contributed by atoms with van der Waals surface area (Å²) in [5.41, 5.74) is 3.07. The predicted octanol–water partition coefficient (Wildman–Crippen LogP) is 2.24. The van der Waals surface area contributed by atoms with E-state index in [0.29, 0.717) is 0 Å². The Bertz CT molecular complexity index is 613. The molecule has 0 aliphatic heterocycles. The maximum absolute atomic E-state index is 11.6. The van der Waals surface area contributed by atoms with Crippen LogP contribution in [0.15, 0.2) is 47.3 Å². The van der Waals surface area contributed by atoms with E-state index in [9.17, 15) is 4.79 Å². The molecule has 2 rings (SSSR count). The molecule has 3 nitrogen and oxygen atoms in total. The molecule has 0 saturated heterocycles. The minimum Gasteiger partial charge on any atom is -0.322 e. The molecule has 0 radical (unpaired) electrons. The fraction of sp³-hybridized carbons (Fsp3) is 0.267. The second-order valence-corrected chi connectivity index (χ2v) is 4.59. The summed E-state index contributed by atoms with van der Waals surface area (Å²) in [6, 6.07) is 9.58. The van der Waals surface area contributed by atoms with Gasteiger partial charge in [-0.3, -0.25) is 4.79 Å². The minimum atomic E-state index is -0.0383. The van der Waals surface area contributed by atoms with Crippen molar-refractivity contribution in [2.24, 2.45) is 0 Å². The summed E-state index contributed by atoms with van der Waals surface area (Å²) < 4.78 is 0. The second kappa shape index (κ2) is 5.65. The van der Waals surface area contributed by atoms with Crippen molar-refractivity contribution in [1.29, 1.82) is 0 Å². The third kappa shape index (κ3) is 3.08. The summed E-state index contributed by atoms with van der Waals surface area (Å²) >= 11 is 0. The van der Waals surface area contributed by atoms with Crippen LogP contribution in [0.25, 0.3) is 10.9 Å². The molecule has 2 aromatic rings. The number of H-pyrrole nitrogens is 1. The Labute approximate surface area is 107 Å². The molecule has 0 fully saturated rings. The largest absolute Gasteiger partial charge is 0.322 e. The van der Waals surface area contributed by atoms with Gasteiger partial charge in [0.05, 0.1) is 0 Å². The molecule has 0 saturated carbocycles. The Morgan fingerprint density at radius 1 is 1.39 bits per heavy atom. The maximum atomic E-state index is 11.6. The zero-order chi connectivity index (χ0) is 13.0. The standard InChI is InChI=1S/C15H18N2O/c1-11(2)10-16-8-7-12-9-15(18)17-14-6-4-3-5-13(12)14/h3-6,9,16H,1,7-8,10H2,2H3,(H,17,18). The van der Waals surface area contributed by atoms with E-state index in [2.05, 4.69) is 16.9 Å². The van der Waals surface area contributed by atoms with E-state index in [1.165, 1.54) is 0 Å². The first kappa shape index (κ1) is 12.6. The van der Waals surface area contributed by atoms with E-state index >= 15 is 0 Å². The molecule has 18 heavy (non-hydrogen) atoms. The normalized spacial score (nSPS) is 10.7. The van der Waals surface area contributed by atoms with Crippen LogP contribution in [0.3, 0.4) is 0 Å². The molecule has 0 bridgehead atoms. The highest BCUT2D eigenvalue weighted by molar-refractivity contribution is 5.81. The number of aromatic amines is 1. The van der Waals surface area contributed by atoms with E-state index in [1.54, 1.807) is 6.07 Å². The van der Waals surface area contributed by atoms with Crippen molar-refractivity contribution in [3.05, 3.63) is 58.4 Å². The zero-order valence-corrected chi connectivity index (χ0v) is 10.6. The molecule has 1 aromatic heterocycles. The molecule has 3 heteroatoms. The van der Waals surface area contributed by atoms with Crippen molar-refractivity contribution in [3.8, 4) is 0 Å². The van der Waals surface area contributed by atoms with Crippen molar-refractivity contribution in [3.63, 3.8) is 0 Å². The molecule has 0 atom stereocenters. The Hall–Kier alpha value is -1.87. The highest BCUT2D eigenvalue weighted by Gasteiger charge is 2.02. The number of rotatable bonds is 5. The first-order valence-corrected chi connectivity index (χ1v) is 6.13. The molecule has 0 aliphatic carbocycles. The fourth-order valence-electron chi connectivity index (χ4n) is 2.01. The van der Waals surface area contributed by atoms with Crippen LogP contribution in [0.2, 0.25) is 0 Å². The van der Waals surface area contributed by atoms with Gasteiger partial charge in [0.25, 0.3) is 0 Å². The van der Waals surface area contributed by atoms with Crippen molar-refractivity contribution >= 4 is 10.9 Å². The fourth-order valence-corrected chi connectivity index (χ4v) is 2.01. The SMILES string of the molecule is C=C(C)CNCCc1cc(=O)[nH]c2ccccc12. The molecular weight excluding hydrogens is 224 g/mol. The van der Waals surface area contributed by atoms with Gasteiger partial charge in [0.1, 0.15) is 0 Å².